The number of nitro groups is 1. The molecule has 0 aliphatic heterocycles. The number of carbonyl (C=O) groups is 1. The molecule has 0 unspecified atom stereocenters. The van der Waals surface area contributed by atoms with E-state index in [0.717, 1.165) is 12.8 Å². The number of rotatable bonds is 5. The molecule has 1 aliphatic carbocycles. The first-order valence-electron chi connectivity index (χ1n) is 5.42. The molecular formula is C11H11ClN2O4. The molecule has 6 nitrogen and oxygen atoms in total. The van der Waals surface area contributed by atoms with Crippen molar-refractivity contribution in [2.24, 2.45) is 0 Å². The van der Waals surface area contributed by atoms with E-state index in [1.54, 1.807) is 0 Å². The fourth-order valence-corrected chi connectivity index (χ4v) is 1.59. The molecule has 0 saturated heterocycles. The summed E-state index contributed by atoms with van der Waals surface area (Å²) in [5.41, 5.74) is -0.116. The van der Waals surface area contributed by atoms with E-state index in [1.807, 2.05) is 0 Å². The molecule has 1 aromatic carbocycles. The van der Waals surface area contributed by atoms with Crippen LogP contribution in [0.5, 0.6) is 5.75 Å². The lowest BCUT2D eigenvalue weighted by Gasteiger charge is -2.07. The van der Waals surface area contributed by atoms with Gasteiger partial charge in [0.05, 0.1) is 9.95 Å². The molecule has 2 rings (SSSR count). The Hall–Kier alpha value is -1.82. The Morgan fingerprint density at radius 3 is 2.83 bits per heavy atom. The summed E-state index contributed by atoms with van der Waals surface area (Å²) in [5.74, 6) is 0.0418. The molecule has 1 amide bonds. The van der Waals surface area contributed by atoms with Gasteiger partial charge < -0.3 is 10.1 Å². The molecule has 0 bridgehead atoms. The van der Waals surface area contributed by atoms with Gasteiger partial charge in [-0.1, -0.05) is 11.6 Å². The summed E-state index contributed by atoms with van der Waals surface area (Å²) in [6.45, 7) is -0.145. The number of carbonyl (C=O) groups excluding carboxylic acids is 1. The van der Waals surface area contributed by atoms with E-state index < -0.39 is 4.92 Å². The van der Waals surface area contributed by atoms with Gasteiger partial charge in [-0.2, -0.15) is 0 Å². The van der Waals surface area contributed by atoms with Gasteiger partial charge in [0.1, 0.15) is 5.75 Å². The van der Waals surface area contributed by atoms with Crippen molar-refractivity contribution in [2.75, 3.05) is 6.61 Å². The highest BCUT2D eigenvalue weighted by Gasteiger charge is 2.23. The minimum absolute atomic E-state index is 0.114. The van der Waals surface area contributed by atoms with Gasteiger partial charge in [-0.05, 0) is 18.9 Å². The first-order valence-corrected chi connectivity index (χ1v) is 5.80. The highest BCUT2D eigenvalue weighted by molar-refractivity contribution is 6.32. The van der Waals surface area contributed by atoms with Gasteiger partial charge in [0.25, 0.3) is 11.6 Å². The van der Waals surface area contributed by atoms with E-state index in [4.69, 9.17) is 16.3 Å². The number of hydrogen-bond donors (Lipinski definition) is 1. The second-order valence-electron chi connectivity index (χ2n) is 4.00. The summed E-state index contributed by atoms with van der Waals surface area (Å²) in [7, 11) is 0. The van der Waals surface area contributed by atoms with Crippen LogP contribution in [-0.4, -0.2) is 23.5 Å². The van der Waals surface area contributed by atoms with Gasteiger partial charge in [-0.25, -0.2) is 0 Å². The van der Waals surface area contributed by atoms with Crippen molar-refractivity contribution < 1.29 is 14.5 Å². The topological polar surface area (TPSA) is 81.5 Å². The van der Waals surface area contributed by atoms with E-state index in [0.29, 0.717) is 0 Å². The Balaban J connectivity index is 1.92. The first-order chi connectivity index (χ1) is 8.56. The number of non-ortho nitro benzene ring substituents is 1. The summed E-state index contributed by atoms with van der Waals surface area (Å²) in [4.78, 5) is 21.3. The molecule has 7 heteroatoms. The van der Waals surface area contributed by atoms with Crippen LogP contribution in [-0.2, 0) is 4.79 Å². The number of nitro benzene ring substituents is 1. The second-order valence-corrected chi connectivity index (χ2v) is 4.41. The molecule has 1 aliphatic rings. The fourth-order valence-electron chi connectivity index (χ4n) is 1.36. The van der Waals surface area contributed by atoms with Crippen LogP contribution in [0.1, 0.15) is 12.8 Å². The summed E-state index contributed by atoms with van der Waals surface area (Å²) in [6.07, 6.45) is 2.01. The molecule has 1 aromatic rings. The highest BCUT2D eigenvalue weighted by Crippen LogP contribution is 2.28. The summed E-state index contributed by atoms with van der Waals surface area (Å²) >= 11 is 5.81. The Morgan fingerprint density at radius 1 is 1.56 bits per heavy atom. The largest absolute Gasteiger partial charge is 0.482 e. The maximum atomic E-state index is 11.4. The minimum Gasteiger partial charge on any atom is -0.482 e. The number of benzene rings is 1. The zero-order valence-corrected chi connectivity index (χ0v) is 10.1. The zero-order chi connectivity index (χ0) is 13.1. The molecule has 0 spiro atoms. The van der Waals surface area contributed by atoms with Gasteiger partial charge in [0.2, 0.25) is 0 Å². The lowest BCUT2D eigenvalue weighted by Crippen LogP contribution is -2.30. The van der Waals surface area contributed by atoms with E-state index in [-0.39, 0.29) is 35.0 Å². The number of nitrogens with one attached hydrogen (secondary N) is 1. The number of halogens is 1. The van der Waals surface area contributed by atoms with Crippen LogP contribution in [0.15, 0.2) is 18.2 Å². The molecule has 0 heterocycles. The van der Waals surface area contributed by atoms with Crippen LogP contribution in [0.25, 0.3) is 0 Å². The van der Waals surface area contributed by atoms with Crippen LogP contribution >= 0.6 is 11.6 Å². The van der Waals surface area contributed by atoms with Gasteiger partial charge in [0, 0.05) is 18.2 Å². The summed E-state index contributed by atoms with van der Waals surface area (Å²) in [6, 6.07) is 4.12. The number of amides is 1. The maximum absolute atomic E-state index is 11.4. The van der Waals surface area contributed by atoms with Crippen molar-refractivity contribution in [2.45, 2.75) is 18.9 Å². The first kappa shape index (κ1) is 12.6. The SMILES string of the molecule is O=C(COc1ccc([N+](=O)[O-])cc1Cl)NC1CC1. The van der Waals surface area contributed by atoms with Crippen LogP contribution in [0.2, 0.25) is 5.02 Å². The zero-order valence-electron chi connectivity index (χ0n) is 9.39. The van der Waals surface area contributed by atoms with Crippen molar-refractivity contribution in [1.82, 2.24) is 5.32 Å². The van der Waals surface area contributed by atoms with Crippen molar-refractivity contribution in [3.63, 3.8) is 0 Å². The molecule has 18 heavy (non-hydrogen) atoms. The van der Waals surface area contributed by atoms with Gasteiger partial charge in [-0.15, -0.1) is 0 Å². The molecule has 0 radical (unpaired) electrons. The molecule has 1 saturated carbocycles. The maximum Gasteiger partial charge on any atom is 0.271 e. The number of hydrogen-bond acceptors (Lipinski definition) is 4. The second kappa shape index (κ2) is 5.22. The lowest BCUT2D eigenvalue weighted by molar-refractivity contribution is -0.384. The predicted molar refractivity (Wildman–Crippen MR) is 64.8 cm³/mol. The van der Waals surface area contributed by atoms with E-state index in [9.17, 15) is 14.9 Å². The van der Waals surface area contributed by atoms with Crippen molar-refractivity contribution in [3.8, 4) is 5.75 Å². The molecular weight excluding hydrogens is 260 g/mol. The van der Waals surface area contributed by atoms with Crippen molar-refractivity contribution in [3.05, 3.63) is 33.3 Å². The summed E-state index contributed by atoms with van der Waals surface area (Å²) in [5, 5.41) is 13.4. The van der Waals surface area contributed by atoms with Gasteiger partial charge in [-0.3, -0.25) is 14.9 Å². The molecule has 0 atom stereocenters. The third kappa shape index (κ3) is 3.33. The Labute approximate surface area is 108 Å². The van der Waals surface area contributed by atoms with Crippen molar-refractivity contribution >= 4 is 23.2 Å². The minimum atomic E-state index is -0.546. The normalized spacial score (nSPS) is 14.1. The number of nitrogens with zero attached hydrogens (tertiary/aromatic N) is 1. The van der Waals surface area contributed by atoms with E-state index in [2.05, 4.69) is 5.32 Å². The molecule has 1 fully saturated rings. The van der Waals surface area contributed by atoms with Crippen LogP contribution < -0.4 is 10.1 Å². The Morgan fingerprint density at radius 2 is 2.28 bits per heavy atom. The van der Waals surface area contributed by atoms with E-state index >= 15 is 0 Å². The predicted octanol–water partition coefficient (Wildman–Crippen LogP) is 1.91. The molecule has 96 valence electrons. The molecule has 1 N–H and O–H groups in total. The third-order valence-corrected chi connectivity index (χ3v) is 2.72. The van der Waals surface area contributed by atoms with Gasteiger partial charge in [0.15, 0.2) is 6.61 Å². The quantitative estimate of drug-likeness (QED) is 0.654. The Bertz CT molecular complexity index is 488. The van der Waals surface area contributed by atoms with Crippen LogP contribution in [0.4, 0.5) is 5.69 Å². The average Bonchev–Trinajstić information content (AvgIpc) is 3.11. The number of ether oxygens (including phenoxy) is 1. The Kier molecular flexibility index (Phi) is 3.66. The standard InChI is InChI=1S/C11H11ClN2O4/c12-9-5-8(14(16)17)3-4-10(9)18-6-11(15)13-7-1-2-7/h3-5,7H,1-2,6H2,(H,13,15). The monoisotopic (exact) mass is 270 g/mol. The highest BCUT2D eigenvalue weighted by atomic mass is 35.5. The van der Waals surface area contributed by atoms with Crippen LogP contribution in [0.3, 0.4) is 0 Å². The van der Waals surface area contributed by atoms with Gasteiger partial charge >= 0.3 is 0 Å². The van der Waals surface area contributed by atoms with Crippen LogP contribution in [0, 0.1) is 10.1 Å². The van der Waals surface area contributed by atoms with E-state index in [1.165, 1.54) is 18.2 Å². The lowest BCUT2D eigenvalue weighted by atomic mass is 10.3. The smallest absolute Gasteiger partial charge is 0.271 e. The molecule has 0 aromatic heterocycles. The van der Waals surface area contributed by atoms with Crippen molar-refractivity contribution in [1.29, 1.82) is 0 Å². The summed E-state index contributed by atoms with van der Waals surface area (Å²) < 4.78 is 5.20. The third-order valence-electron chi connectivity index (χ3n) is 2.43. The average molecular weight is 271 g/mol. The fraction of sp³-hybridized carbons (Fsp3) is 0.364.